The third-order valence-corrected chi connectivity index (χ3v) is 15.4. The maximum absolute atomic E-state index is 2.41. The zero-order chi connectivity index (χ0) is 47.0. The third kappa shape index (κ3) is 6.85. The Morgan fingerprint density at radius 2 is 0.957 bits per heavy atom. The first-order chi connectivity index (χ1) is 34.3. The largest absolute Gasteiger partial charge is 0.311 e. The predicted molar refractivity (Wildman–Crippen MR) is 296 cm³/mol. The lowest BCUT2D eigenvalue weighted by Gasteiger charge is -2.33. The minimum Gasteiger partial charge on any atom is -0.311 e. The Balaban J connectivity index is 0.778. The Kier molecular flexibility index (Phi) is 9.75. The van der Waals surface area contributed by atoms with Gasteiger partial charge in [0, 0.05) is 44.4 Å². The highest BCUT2D eigenvalue weighted by Gasteiger charge is 2.35. The summed E-state index contributed by atoms with van der Waals surface area (Å²) in [4.78, 5) is 2.35. The van der Waals surface area contributed by atoms with Gasteiger partial charge in [0.2, 0.25) is 0 Å². The van der Waals surface area contributed by atoms with E-state index in [1.807, 2.05) is 0 Å². The number of para-hydroxylation sites is 2. The van der Waals surface area contributed by atoms with Crippen molar-refractivity contribution in [1.29, 1.82) is 0 Å². The second kappa shape index (κ2) is 16.4. The van der Waals surface area contributed by atoms with Gasteiger partial charge in [-0.25, -0.2) is 0 Å². The molecule has 0 radical (unpaired) electrons. The highest BCUT2D eigenvalue weighted by molar-refractivity contribution is 6.10. The quantitative estimate of drug-likeness (QED) is 0.148. The van der Waals surface area contributed by atoms with Crippen LogP contribution >= 0.6 is 0 Å². The van der Waals surface area contributed by atoms with Gasteiger partial charge in [-0.05, 0) is 152 Å². The molecule has 1 unspecified atom stereocenters. The van der Waals surface area contributed by atoms with Crippen LogP contribution in [0.3, 0.4) is 0 Å². The van der Waals surface area contributed by atoms with E-state index in [0.717, 1.165) is 29.2 Å². The SMILES string of the molecule is CC12C=CC=CC1=C(c1ccc(N(c3ccccc3)c3ccc(-c4ccc5c(c4)c4ccccc4n5-c4ccc(-c5ccc(-c6ccc7c(c6)C(C)(C)c6ccccc6-7)cc5)cc4)cc3)cc1)C=CC2. The van der Waals surface area contributed by atoms with Crippen LogP contribution in [0.15, 0.2) is 254 Å². The zero-order valence-corrected chi connectivity index (χ0v) is 39.8. The fraction of sp³-hybridized carbons (Fsp3) is 0.0882. The van der Waals surface area contributed by atoms with Crippen molar-refractivity contribution in [3.8, 4) is 50.2 Å². The molecule has 334 valence electrons. The van der Waals surface area contributed by atoms with Crippen LogP contribution < -0.4 is 4.90 Å². The van der Waals surface area contributed by atoms with Crippen LogP contribution in [-0.4, -0.2) is 4.57 Å². The summed E-state index contributed by atoms with van der Waals surface area (Å²) < 4.78 is 2.41. The molecule has 0 amide bonds. The Hall–Kier alpha value is -8.46. The molecule has 0 saturated heterocycles. The zero-order valence-electron chi connectivity index (χ0n) is 39.8. The van der Waals surface area contributed by atoms with Gasteiger partial charge in [0.05, 0.1) is 11.0 Å². The molecule has 1 heterocycles. The summed E-state index contributed by atoms with van der Waals surface area (Å²) in [5.41, 5.74) is 23.6. The van der Waals surface area contributed by atoms with E-state index in [1.165, 1.54) is 94.2 Å². The van der Waals surface area contributed by atoms with Crippen LogP contribution in [0.25, 0.3) is 77.6 Å². The molecule has 0 saturated carbocycles. The summed E-state index contributed by atoms with van der Waals surface area (Å²) >= 11 is 0. The van der Waals surface area contributed by atoms with E-state index < -0.39 is 0 Å². The van der Waals surface area contributed by atoms with Crippen LogP contribution in [0.4, 0.5) is 17.1 Å². The Morgan fingerprint density at radius 1 is 0.414 bits per heavy atom. The molecule has 2 nitrogen and oxygen atoms in total. The smallest absolute Gasteiger partial charge is 0.0541 e. The molecule has 3 aliphatic carbocycles. The summed E-state index contributed by atoms with van der Waals surface area (Å²) in [5, 5.41) is 2.49. The molecular formula is C68H52N2. The number of aromatic nitrogens is 1. The summed E-state index contributed by atoms with van der Waals surface area (Å²) in [5.74, 6) is 0. The average molecular weight is 897 g/mol. The monoisotopic (exact) mass is 896 g/mol. The molecule has 70 heavy (non-hydrogen) atoms. The van der Waals surface area contributed by atoms with Gasteiger partial charge in [-0.15, -0.1) is 0 Å². The lowest BCUT2D eigenvalue weighted by Crippen LogP contribution is -2.20. The Bertz CT molecular complexity index is 3780. The second-order valence-electron chi connectivity index (χ2n) is 20.0. The van der Waals surface area contributed by atoms with Gasteiger partial charge in [0.15, 0.2) is 0 Å². The maximum Gasteiger partial charge on any atom is 0.0541 e. The van der Waals surface area contributed by atoms with Crippen molar-refractivity contribution >= 4 is 44.4 Å². The average Bonchev–Trinajstić information content (AvgIpc) is 3.86. The van der Waals surface area contributed by atoms with Gasteiger partial charge in [-0.2, -0.15) is 0 Å². The van der Waals surface area contributed by atoms with E-state index in [4.69, 9.17) is 0 Å². The van der Waals surface area contributed by atoms with E-state index in [2.05, 4.69) is 279 Å². The molecule has 0 aliphatic heterocycles. The molecule has 10 aromatic rings. The molecular weight excluding hydrogens is 845 g/mol. The van der Waals surface area contributed by atoms with Gasteiger partial charge < -0.3 is 9.47 Å². The molecule has 0 N–H and O–H groups in total. The topological polar surface area (TPSA) is 8.17 Å². The fourth-order valence-electron chi connectivity index (χ4n) is 11.6. The fourth-order valence-corrected chi connectivity index (χ4v) is 11.6. The lowest BCUT2D eigenvalue weighted by atomic mass is 9.71. The highest BCUT2D eigenvalue weighted by Crippen LogP contribution is 2.50. The van der Waals surface area contributed by atoms with Crippen molar-refractivity contribution in [2.75, 3.05) is 4.90 Å². The van der Waals surface area contributed by atoms with Gasteiger partial charge in [0.25, 0.3) is 0 Å². The molecule has 0 spiro atoms. The van der Waals surface area contributed by atoms with Crippen LogP contribution in [0, 0.1) is 5.41 Å². The van der Waals surface area contributed by atoms with E-state index in [-0.39, 0.29) is 10.8 Å². The van der Waals surface area contributed by atoms with E-state index in [0.29, 0.717) is 0 Å². The number of fused-ring (bicyclic) bond motifs is 7. The molecule has 0 bridgehead atoms. The third-order valence-electron chi connectivity index (χ3n) is 15.4. The normalized spacial score (nSPS) is 16.4. The van der Waals surface area contributed by atoms with Crippen molar-refractivity contribution in [1.82, 2.24) is 4.57 Å². The summed E-state index contributed by atoms with van der Waals surface area (Å²) in [6.07, 6.45) is 14.6. The van der Waals surface area contributed by atoms with E-state index in [1.54, 1.807) is 0 Å². The van der Waals surface area contributed by atoms with Crippen LogP contribution in [-0.2, 0) is 5.41 Å². The van der Waals surface area contributed by atoms with Crippen molar-refractivity contribution in [2.45, 2.75) is 32.6 Å². The molecule has 2 heteroatoms. The molecule has 1 atom stereocenters. The van der Waals surface area contributed by atoms with Crippen molar-refractivity contribution < 1.29 is 0 Å². The van der Waals surface area contributed by atoms with Gasteiger partial charge in [-0.3, -0.25) is 0 Å². The van der Waals surface area contributed by atoms with Crippen molar-refractivity contribution in [3.05, 3.63) is 271 Å². The van der Waals surface area contributed by atoms with Gasteiger partial charge in [-0.1, -0.05) is 197 Å². The molecule has 3 aliphatic rings. The molecule has 0 fully saturated rings. The van der Waals surface area contributed by atoms with Gasteiger partial charge >= 0.3 is 0 Å². The van der Waals surface area contributed by atoms with Crippen LogP contribution in [0.1, 0.15) is 43.9 Å². The Labute approximate surface area is 411 Å². The predicted octanol–water partition coefficient (Wildman–Crippen LogP) is 18.4. The van der Waals surface area contributed by atoms with Crippen LogP contribution in [0.2, 0.25) is 0 Å². The highest BCUT2D eigenvalue weighted by atomic mass is 15.1. The molecule has 1 aromatic heterocycles. The molecule has 9 aromatic carbocycles. The van der Waals surface area contributed by atoms with E-state index >= 15 is 0 Å². The number of hydrogen-bond donors (Lipinski definition) is 0. The first-order valence-electron chi connectivity index (χ1n) is 24.6. The number of rotatable bonds is 8. The maximum atomic E-state index is 2.41. The first kappa shape index (κ1) is 41.7. The van der Waals surface area contributed by atoms with Crippen molar-refractivity contribution in [2.24, 2.45) is 5.41 Å². The summed E-state index contributed by atoms with van der Waals surface area (Å²) in [6, 6.07) is 78.5. The summed E-state index contributed by atoms with van der Waals surface area (Å²) in [6.45, 7) is 7.03. The number of anilines is 3. The van der Waals surface area contributed by atoms with E-state index in [9.17, 15) is 0 Å². The van der Waals surface area contributed by atoms with Crippen LogP contribution in [0.5, 0.6) is 0 Å². The number of allylic oxidation sites excluding steroid dienone is 8. The summed E-state index contributed by atoms with van der Waals surface area (Å²) in [7, 11) is 0. The lowest BCUT2D eigenvalue weighted by molar-refractivity contribution is 0.529. The standard InChI is InChI=1S/C68H52N2/c1-67(2)62-19-9-7-16-58(62)59-40-32-52(45-64(59)67)48-24-22-46(23-25-48)47-26-36-56(37-27-47)70-65-21-10-8-17-60(65)61-44-51(33-41-66(61)70)49-28-34-54(35-29-49)69(53-14-5-4-6-15-53)55-38-30-50(31-39-55)57-18-13-43-68(3)42-12-11-20-63(57)68/h4-42,44-45H,43H2,1-3H3. The minimum atomic E-state index is -0.0174. The number of nitrogens with zero attached hydrogens (tertiary/aromatic N) is 2. The number of hydrogen-bond acceptors (Lipinski definition) is 1. The first-order valence-corrected chi connectivity index (χ1v) is 24.6. The van der Waals surface area contributed by atoms with Crippen molar-refractivity contribution in [3.63, 3.8) is 0 Å². The Morgan fingerprint density at radius 3 is 1.70 bits per heavy atom. The minimum absolute atomic E-state index is 0.0174. The second-order valence-corrected chi connectivity index (χ2v) is 20.0. The molecule has 13 rings (SSSR count). The van der Waals surface area contributed by atoms with Gasteiger partial charge in [0.1, 0.15) is 0 Å². The number of benzene rings is 9.